The molecule has 2 heterocycles. The van der Waals surface area contributed by atoms with Crippen molar-refractivity contribution in [2.75, 3.05) is 13.2 Å². The monoisotopic (exact) mass is 832 g/mol. The van der Waals surface area contributed by atoms with E-state index in [2.05, 4.69) is 6.92 Å². The molecule has 0 aromatic carbocycles. The fourth-order valence-electron chi connectivity index (χ4n) is 12.9. The molecule has 0 amide bonds. The van der Waals surface area contributed by atoms with Crippen LogP contribution in [0.3, 0.4) is 0 Å². The minimum Gasteiger partial charge on any atom is -0.459 e. The highest BCUT2D eigenvalue weighted by Crippen LogP contribution is 2.76. The van der Waals surface area contributed by atoms with Crippen LogP contribution in [-0.4, -0.2) is 99.9 Å². The molecule has 13 heteroatoms. The highest BCUT2D eigenvalue weighted by Gasteiger charge is 2.82. The number of carbonyl (C=O) groups excluding carboxylic acids is 4. The summed E-state index contributed by atoms with van der Waals surface area (Å²) in [7, 11) is 0. The Morgan fingerprint density at radius 1 is 0.983 bits per heavy atom. The number of hydrogen-bond acceptors (Lipinski definition) is 13. The zero-order valence-corrected chi connectivity index (χ0v) is 37.0. The van der Waals surface area contributed by atoms with Gasteiger partial charge in [0.05, 0.1) is 30.3 Å². The van der Waals surface area contributed by atoms with Gasteiger partial charge in [-0.05, 0) is 69.3 Å². The van der Waals surface area contributed by atoms with Crippen LogP contribution >= 0.6 is 0 Å². The molecule has 6 aliphatic rings. The molecule has 0 aromatic rings. The van der Waals surface area contributed by atoms with Crippen LogP contribution in [0, 0.1) is 46.3 Å². The maximum absolute atomic E-state index is 14.1. The van der Waals surface area contributed by atoms with E-state index in [1.165, 1.54) is 44.6 Å². The number of carbonyl (C=O) groups is 4. The zero-order chi connectivity index (χ0) is 43.3. The number of esters is 2. The minimum atomic E-state index is -1.76. The van der Waals surface area contributed by atoms with E-state index in [1.54, 1.807) is 13.8 Å². The van der Waals surface area contributed by atoms with E-state index < -0.39 is 106 Å². The first-order chi connectivity index (χ1) is 27.7. The first-order valence-electron chi connectivity index (χ1n) is 22.6. The van der Waals surface area contributed by atoms with E-state index in [0.717, 1.165) is 19.3 Å². The summed E-state index contributed by atoms with van der Waals surface area (Å²) < 4.78 is 36.0. The van der Waals surface area contributed by atoms with Crippen LogP contribution in [0.5, 0.6) is 0 Å². The molecule has 2 bridgehead atoms. The highest BCUT2D eigenvalue weighted by molar-refractivity contribution is 5.97. The van der Waals surface area contributed by atoms with Crippen LogP contribution in [0.4, 0.5) is 4.79 Å². The molecule has 4 unspecified atom stereocenters. The molecule has 3 saturated carbocycles. The summed E-state index contributed by atoms with van der Waals surface area (Å²) in [6, 6.07) is 0. The SMILES string of the molecule is CCCCCCCCCCC1(C)OCC(COC(=O)O[C@@H]2C(=O)C=C(C)[C@@H]3C[C@H]4OC(=O)[C@H](OC(=O)CC(O)(C(C)C)C(C)C)C5[C@@H](C)[C@@H](O)[C@]6(O)CCC54[C@H]6[C@@]23C)O1. The molecular weight excluding hydrogens is 760 g/mol. The van der Waals surface area contributed by atoms with Gasteiger partial charge in [-0.2, -0.15) is 0 Å². The Morgan fingerprint density at radius 2 is 1.63 bits per heavy atom. The number of allylic oxidation sites excluding steroid dienone is 1. The Bertz CT molecular complexity index is 1600. The fraction of sp³-hybridized carbons (Fsp3) is 0.870. The Labute approximate surface area is 350 Å². The fourth-order valence-corrected chi connectivity index (χ4v) is 12.9. The topological polar surface area (TPSA) is 184 Å². The Morgan fingerprint density at radius 3 is 2.27 bits per heavy atom. The summed E-state index contributed by atoms with van der Waals surface area (Å²) in [5.41, 5.74) is -4.81. The van der Waals surface area contributed by atoms with Crippen molar-refractivity contribution in [2.24, 2.45) is 46.3 Å². The molecule has 6 rings (SSSR count). The summed E-state index contributed by atoms with van der Waals surface area (Å²) in [5.74, 6) is -6.30. The van der Waals surface area contributed by atoms with Gasteiger partial charge in [0.2, 0.25) is 6.10 Å². The van der Waals surface area contributed by atoms with E-state index in [0.29, 0.717) is 12.0 Å². The van der Waals surface area contributed by atoms with Gasteiger partial charge in [-0.3, -0.25) is 9.59 Å². The number of ketones is 1. The Hall–Kier alpha value is -2.58. The normalized spacial score (nSPS) is 40.0. The van der Waals surface area contributed by atoms with E-state index in [-0.39, 0.29) is 44.3 Å². The lowest BCUT2D eigenvalue weighted by molar-refractivity contribution is -0.312. The van der Waals surface area contributed by atoms with Gasteiger partial charge in [0, 0.05) is 29.1 Å². The second kappa shape index (κ2) is 17.3. The van der Waals surface area contributed by atoms with Crippen LogP contribution < -0.4 is 0 Å². The molecule has 0 radical (unpaired) electrons. The van der Waals surface area contributed by atoms with E-state index in [1.807, 2.05) is 41.5 Å². The molecule has 13 atom stereocenters. The average molecular weight is 833 g/mol. The second-order valence-corrected chi connectivity index (χ2v) is 20.1. The van der Waals surface area contributed by atoms with Gasteiger partial charge < -0.3 is 43.7 Å². The molecule has 334 valence electrons. The lowest BCUT2D eigenvalue weighted by Gasteiger charge is -2.69. The third-order valence-electron chi connectivity index (χ3n) is 15.9. The minimum absolute atomic E-state index is 0.127. The number of rotatable bonds is 17. The molecule has 0 aromatic heterocycles. The van der Waals surface area contributed by atoms with Gasteiger partial charge in [0.25, 0.3) is 0 Å². The third kappa shape index (κ3) is 8.02. The van der Waals surface area contributed by atoms with Crippen molar-refractivity contribution in [3.63, 3.8) is 0 Å². The summed E-state index contributed by atoms with van der Waals surface area (Å²) >= 11 is 0. The molecular formula is C46H72O13. The third-order valence-corrected chi connectivity index (χ3v) is 15.9. The molecule has 13 nitrogen and oxygen atoms in total. The van der Waals surface area contributed by atoms with Crippen molar-refractivity contribution in [3.8, 4) is 0 Å². The summed E-state index contributed by atoms with van der Waals surface area (Å²) in [5, 5.41) is 36.2. The van der Waals surface area contributed by atoms with Gasteiger partial charge >= 0.3 is 18.1 Å². The maximum Gasteiger partial charge on any atom is 0.509 e. The Kier molecular flexibility index (Phi) is 13.5. The summed E-state index contributed by atoms with van der Waals surface area (Å²) in [6.07, 6.45) is 5.46. The maximum atomic E-state index is 14.1. The van der Waals surface area contributed by atoms with Gasteiger partial charge in [0.15, 0.2) is 17.7 Å². The molecule has 5 fully saturated rings. The van der Waals surface area contributed by atoms with Gasteiger partial charge in [-0.15, -0.1) is 0 Å². The van der Waals surface area contributed by atoms with E-state index >= 15 is 0 Å². The predicted molar refractivity (Wildman–Crippen MR) is 215 cm³/mol. The number of fused-ring (bicyclic) bond motifs is 1. The van der Waals surface area contributed by atoms with Crippen LogP contribution in [-0.2, 0) is 42.8 Å². The highest BCUT2D eigenvalue weighted by atomic mass is 16.8. The molecule has 1 spiro atoms. The number of hydrogen-bond donors (Lipinski definition) is 3. The first-order valence-corrected chi connectivity index (χ1v) is 22.6. The van der Waals surface area contributed by atoms with Gasteiger partial charge in [0.1, 0.15) is 18.8 Å². The first kappa shape index (κ1) is 45.9. The lowest BCUT2D eigenvalue weighted by Crippen LogP contribution is -2.77. The number of ether oxygens (including phenoxy) is 6. The van der Waals surface area contributed by atoms with Crippen molar-refractivity contribution >= 4 is 23.9 Å². The van der Waals surface area contributed by atoms with Crippen LogP contribution in [0.25, 0.3) is 0 Å². The molecule has 59 heavy (non-hydrogen) atoms. The average Bonchev–Trinajstić information content (AvgIpc) is 3.69. The standard InChI is InChI=1S/C46H72O13/c1-10-11-12-13-14-15-16-17-18-42(8)55-25-30(59-42)24-54-41(51)58-38-32(47)21-28(6)31-22-33-44-19-20-45(52,40(44)43(31,38)9)37(49)29(7)35(44)36(39(50)56-33)57-34(48)23-46(53,26(2)3)27(4)5/h21,26-27,29-31,33,35-38,40,49,52-53H,10-20,22-25H2,1-9H3/t29-,30?,31+,33-,35?,36-,37-,38-,40-,42?,43-,44?,45-/m1/s1. The zero-order valence-electron chi connectivity index (χ0n) is 37.0. The lowest BCUT2D eigenvalue weighted by atomic mass is 9.37. The van der Waals surface area contributed by atoms with E-state index in [9.17, 15) is 34.5 Å². The molecule has 2 aliphatic heterocycles. The largest absolute Gasteiger partial charge is 0.509 e. The molecule has 2 saturated heterocycles. The second-order valence-electron chi connectivity index (χ2n) is 20.1. The van der Waals surface area contributed by atoms with E-state index in [4.69, 9.17) is 28.4 Å². The quantitative estimate of drug-likeness (QED) is 0.0796. The van der Waals surface area contributed by atoms with Crippen molar-refractivity contribution in [1.29, 1.82) is 0 Å². The molecule has 4 aliphatic carbocycles. The van der Waals surface area contributed by atoms with Crippen LogP contribution in [0.15, 0.2) is 11.6 Å². The number of aliphatic hydroxyl groups is 3. The van der Waals surface area contributed by atoms with Gasteiger partial charge in [-0.1, -0.05) is 99.0 Å². The Balaban J connectivity index is 1.19. The molecule has 3 N–H and O–H groups in total. The van der Waals surface area contributed by atoms with Gasteiger partial charge in [-0.25, -0.2) is 9.59 Å². The smallest absolute Gasteiger partial charge is 0.459 e. The summed E-state index contributed by atoms with van der Waals surface area (Å²) in [6.45, 7) is 16.8. The number of aliphatic hydroxyl groups excluding tert-OH is 1. The number of unbranched alkanes of at least 4 members (excludes halogenated alkanes) is 7. The predicted octanol–water partition coefficient (Wildman–Crippen LogP) is 6.75. The van der Waals surface area contributed by atoms with Crippen LogP contribution in [0.2, 0.25) is 0 Å². The van der Waals surface area contributed by atoms with Crippen molar-refractivity contribution in [1.82, 2.24) is 0 Å². The van der Waals surface area contributed by atoms with Crippen molar-refractivity contribution in [2.45, 2.75) is 193 Å². The van der Waals surface area contributed by atoms with Crippen molar-refractivity contribution < 1.29 is 62.9 Å². The van der Waals surface area contributed by atoms with Crippen LogP contribution in [0.1, 0.15) is 146 Å². The van der Waals surface area contributed by atoms with Crippen molar-refractivity contribution in [3.05, 3.63) is 11.6 Å². The summed E-state index contributed by atoms with van der Waals surface area (Å²) in [4.78, 5) is 55.3.